The Balaban J connectivity index is 2.01. The lowest BCUT2D eigenvalue weighted by molar-refractivity contribution is 0.0527. The number of ether oxygens (including phenoxy) is 3. The largest absolute Gasteiger partial charge is 0.507 e. The number of nitrogens with one attached hydrogen (secondary N) is 1. The molecule has 1 heterocycles. The molecule has 0 aliphatic rings. The number of hydrogen-bond acceptors (Lipinski definition) is 5. The van der Waals surface area contributed by atoms with Gasteiger partial charge in [-0.25, -0.2) is 4.79 Å². The van der Waals surface area contributed by atoms with Crippen LogP contribution in [0.1, 0.15) is 28.5 Å². The molecule has 160 valence electrons. The number of aromatic nitrogens is 1. The average molecular weight is 440 g/mol. The van der Waals surface area contributed by atoms with Crippen LogP contribution in [0.3, 0.4) is 0 Å². The van der Waals surface area contributed by atoms with Crippen molar-refractivity contribution < 1.29 is 24.1 Å². The Hall–Kier alpha value is -3.38. The van der Waals surface area contributed by atoms with Gasteiger partial charge < -0.3 is 24.3 Å². The highest BCUT2D eigenvalue weighted by Gasteiger charge is 2.23. The number of carbonyl (C=O) groups excluding carboxylic acids is 1. The molecule has 3 aromatic carbocycles. The van der Waals surface area contributed by atoms with E-state index in [2.05, 4.69) is 4.98 Å². The smallest absolute Gasteiger partial charge is 0.340 e. The summed E-state index contributed by atoms with van der Waals surface area (Å²) in [5.41, 5.74) is 2.72. The third-order valence-electron chi connectivity index (χ3n) is 5.22. The molecule has 0 aliphatic carbocycles. The van der Waals surface area contributed by atoms with Crippen molar-refractivity contribution in [2.45, 2.75) is 13.3 Å². The lowest BCUT2D eigenvalue weighted by Gasteiger charge is -2.11. The van der Waals surface area contributed by atoms with Gasteiger partial charge in [0.15, 0.2) is 11.5 Å². The van der Waals surface area contributed by atoms with Gasteiger partial charge in [0.2, 0.25) is 0 Å². The Morgan fingerprint density at radius 2 is 1.74 bits per heavy atom. The number of methoxy groups -OCH3 is 2. The Labute approximate surface area is 184 Å². The van der Waals surface area contributed by atoms with E-state index in [4.69, 9.17) is 25.8 Å². The number of H-pyrrole nitrogens is 1. The molecule has 0 aliphatic heterocycles. The predicted molar refractivity (Wildman–Crippen MR) is 121 cm³/mol. The summed E-state index contributed by atoms with van der Waals surface area (Å²) in [5, 5.41) is 13.2. The lowest BCUT2D eigenvalue weighted by atomic mass is 10.0. The third kappa shape index (κ3) is 3.75. The first-order valence-corrected chi connectivity index (χ1v) is 10.2. The van der Waals surface area contributed by atoms with Crippen molar-refractivity contribution in [1.82, 2.24) is 4.98 Å². The van der Waals surface area contributed by atoms with Crippen molar-refractivity contribution in [3.05, 3.63) is 64.3 Å². The molecule has 1 aromatic heterocycles. The Morgan fingerprint density at radius 1 is 1.03 bits per heavy atom. The average Bonchev–Trinajstić information content (AvgIpc) is 3.10. The van der Waals surface area contributed by atoms with Gasteiger partial charge in [0.25, 0.3) is 0 Å². The first kappa shape index (κ1) is 20.9. The summed E-state index contributed by atoms with van der Waals surface area (Å²) in [6, 6.07) is 12.5. The van der Waals surface area contributed by atoms with Gasteiger partial charge in [0.1, 0.15) is 5.75 Å². The highest BCUT2D eigenvalue weighted by molar-refractivity contribution is 6.30. The molecule has 0 saturated carbocycles. The number of aromatic amines is 1. The molecule has 0 amide bonds. The minimum atomic E-state index is -0.454. The molecular formula is C24H22ClNO5. The molecule has 2 N–H and O–H groups in total. The lowest BCUT2D eigenvalue weighted by Crippen LogP contribution is -2.07. The maximum absolute atomic E-state index is 12.9. The zero-order valence-corrected chi connectivity index (χ0v) is 18.2. The van der Waals surface area contributed by atoms with Gasteiger partial charge in [-0.3, -0.25) is 0 Å². The Morgan fingerprint density at radius 3 is 2.39 bits per heavy atom. The molecule has 7 heteroatoms. The predicted octanol–water partition coefficient (Wildman–Crippen LogP) is 5.46. The number of halogens is 1. The van der Waals surface area contributed by atoms with Gasteiger partial charge in [0.05, 0.1) is 31.9 Å². The topological polar surface area (TPSA) is 80.8 Å². The second kappa shape index (κ2) is 8.40. The number of esters is 1. The van der Waals surface area contributed by atoms with Crippen LogP contribution in [0.25, 0.3) is 21.7 Å². The van der Waals surface area contributed by atoms with E-state index in [1.54, 1.807) is 38.3 Å². The van der Waals surface area contributed by atoms with E-state index in [0.29, 0.717) is 55.9 Å². The fourth-order valence-electron chi connectivity index (χ4n) is 3.86. The van der Waals surface area contributed by atoms with E-state index in [9.17, 15) is 9.90 Å². The number of aromatic hydroxyl groups is 1. The molecule has 4 rings (SSSR count). The first-order chi connectivity index (χ1) is 15.0. The summed E-state index contributed by atoms with van der Waals surface area (Å²) in [6.07, 6.45) is 0.443. The maximum Gasteiger partial charge on any atom is 0.340 e. The molecule has 4 aromatic rings. The maximum atomic E-state index is 12.9. The Bertz CT molecular complexity index is 1290. The van der Waals surface area contributed by atoms with Gasteiger partial charge in [0, 0.05) is 33.3 Å². The van der Waals surface area contributed by atoms with Crippen LogP contribution < -0.4 is 9.47 Å². The first-order valence-electron chi connectivity index (χ1n) is 9.80. The second-order valence-corrected chi connectivity index (χ2v) is 7.51. The van der Waals surface area contributed by atoms with Crippen LogP contribution in [0, 0.1) is 0 Å². The summed E-state index contributed by atoms with van der Waals surface area (Å²) in [4.78, 5) is 16.3. The summed E-state index contributed by atoms with van der Waals surface area (Å²) in [7, 11) is 3.09. The molecule has 0 unspecified atom stereocenters. The van der Waals surface area contributed by atoms with Crippen molar-refractivity contribution in [2.75, 3.05) is 20.8 Å². The quantitative estimate of drug-likeness (QED) is 0.389. The second-order valence-electron chi connectivity index (χ2n) is 7.08. The highest BCUT2D eigenvalue weighted by Crippen LogP contribution is 2.41. The van der Waals surface area contributed by atoms with Crippen LogP contribution in [-0.4, -0.2) is 36.9 Å². The number of phenols is 1. The third-order valence-corrected chi connectivity index (χ3v) is 5.45. The van der Waals surface area contributed by atoms with E-state index in [-0.39, 0.29) is 12.4 Å². The van der Waals surface area contributed by atoms with Crippen LogP contribution >= 0.6 is 11.6 Å². The number of phenolic OH excluding ortho intramolecular Hbond substituents is 1. The van der Waals surface area contributed by atoms with Gasteiger partial charge in [-0.1, -0.05) is 23.7 Å². The summed E-state index contributed by atoms with van der Waals surface area (Å²) >= 11 is 6.14. The van der Waals surface area contributed by atoms with Gasteiger partial charge in [-0.2, -0.15) is 0 Å². The zero-order chi connectivity index (χ0) is 22.1. The highest BCUT2D eigenvalue weighted by atomic mass is 35.5. The van der Waals surface area contributed by atoms with E-state index in [1.165, 1.54) is 7.11 Å². The van der Waals surface area contributed by atoms with Crippen molar-refractivity contribution in [2.24, 2.45) is 0 Å². The van der Waals surface area contributed by atoms with E-state index < -0.39 is 5.97 Å². The van der Waals surface area contributed by atoms with Crippen LogP contribution in [-0.2, 0) is 11.2 Å². The summed E-state index contributed by atoms with van der Waals surface area (Å²) < 4.78 is 16.1. The monoisotopic (exact) mass is 439 g/mol. The normalized spacial score (nSPS) is 11.1. The number of carbonyl (C=O) groups is 1. The van der Waals surface area contributed by atoms with Gasteiger partial charge >= 0.3 is 5.97 Å². The number of fused-ring (bicyclic) bond motifs is 3. The molecule has 0 saturated heterocycles. The number of rotatable bonds is 6. The molecule has 31 heavy (non-hydrogen) atoms. The van der Waals surface area contributed by atoms with E-state index in [1.807, 2.05) is 18.2 Å². The van der Waals surface area contributed by atoms with Gasteiger partial charge in [-0.15, -0.1) is 0 Å². The Kier molecular flexibility index (Phi) is 5.65. The number of benzene rings is 3. The minimum Gasteiger partial charge on any atom is -0.507 e. The molecule has 0 atom stereocenters. The van der Waals surface area contributed by atoms with E-state index in [0.717, 1.165) is 5.56 Å². The van der Waals surface area contributed by atoms with Crippen LogP contribution in [0.15, 0.2) is 42.5 Å². The molecular weight excluding hydrogens is 418 g/mol. The minimum absolute atomic E-state index is 0.0299. The summed E-state index contributed by atoms with van der Waals surface area (Å²) in [6.45, 7) is 2.00. The standard InChI is InChI=1S/C24H22ClNO5/c1-4-31-24(28)22-17-10-19(27)15-11-20(29-2)21(30-3)12-16(15)23(17)26-18(22)9-13-6-5-7-14(25)8-13/h5-8,10-12,26-27H,4,9H2,1-3H3. The van der Waals surface area contributed by atoms with Crippen molar-refractivity contribution in [3.8, 4) is 17.2 Å². The fraction of sp³-hybridized carbons (Fsp3) is 0.208. The van der Waals surface area contributed by atoms with E-state index >= 15 is 0 Å². The molecule has 0 bridgehead atoms. The molecule has 0 fully saturated rings. The van der Waals surface area contributed by atoms with Crippen LogP contribution in [0.4, 0.5) is 0 Å². The number of hydrogen-bond donors (Lipinski definition) is 2. The molecule has 6 nitrogen and oxygen atoms in total. The molecule has 0 radical (unpaired) electrons. The zero-order valence-electron chi connectivity index (χ0n) is 17.4. The van der Waals surface area contributed by atoms with Crippen molar-refractivity contribution >= 4 is 39.2 Å². The van der Waals surface area contributed by atoms with Crippen LogP contribution in [0.2, 0.25) is 5.02 Å². The summed E-state index contributed by atoms with van der Waals surface area (Å²) in [5.74, 6) is 0.596. The molecule has 0 spiro atoms. The fourth-order valence-corrected chi connectivity index (χ4v) is 4.07. The SMILES string of the molecule is CCOC(=O)c1c(Cc2cccc(Cl)c2)[nH]c2c1cc(O)c1cc(OC)c(OC)cc12. The van der Waals surface area contributed by atoms with Crippen LogP contribution in [0.5, 0.6) is 17.2 Å². The van der Waals surface area contributed by atoms with Gasteiger partial charge in [-0.05, 0) is 42.8 Å². The van der Waals surface area contributed by atoms with Crippen molar-refractivity contribution in [1.29, 1.82) is 0 Å². The van der Waals surface area contributed by atoms with Crippen molar-refractivity contribution in [3.63, 3.8) is 0 Å².